The molecule has 2 aromatic carbocycles. The van der Waals surface area contributed by atoms with Crippen LogP contribution in [0.3, 0.4) is 0 Å². The smallest absolute Gasteiger partial charge is 0.278 e. The van der Waals surface area contributed by atoms with Gasteiger partial charge in [0.15, 0.2) is 11.5 Å². The number of nitrogens with zero attached hydrogens (tertiary/aromatic N) is 3. The highest BCUT2D eigenvalue weighted by molar-refractivity contribution is 6.07. The Morgan fingerprint density at radius 2 is 2.04 bits per heavy atom. The lowest BCUT2D eigenvalue weighted by atomic mass is 10.1. The summed E-state index contributed by atoms with van der Waals surface area (Å²) in [5.41, 5.74) is 10.1. The van der Waals surface area contributed by atoms with E-state index in [9.17, 15) is 4.79 Å². The number of rotatable bonds is 0. The SMILES string of the molecule is CN1CCOCc2cccc(c2)-c2cnc(N)c(n2)C(=O)Nc2ccccc21. The van der Waals surface area contributed by atoms with Gasteiger partial charge in [-0.05, 0) is 23.8 Å². The average Bonchev–Trinajstić information content (AvgIpc) is 2.71. The fourth-order valence-electron chi connectivity index (χ4n) is 3.13. The fourth-order valence-corrected chi connectivity index (χ4v) is 3.13. The maximum absolute atomic E-state index is 12.9. The maximum Gasteiger partial charge on any atom is 0.278 e. The quantitative estimate of drug-likeness (QED) is 0.627. The van der Waals surface area contributed by atoms with Gasteiger partial charge in [0, 0.05) is 19.2 Å². The van der Waals surface area contributed by atoms with Crippen LogP contribution in [-0.4, -0.2) is 36.1 Å². The van der Waals surface area contributed by atoms with E-state index in [2.05, 4.69) is 15.3 Å². The van der Waals surface area contributed by atoms with E-state index in [1.807, 2.05) is 60.5 Å². The molecule has 1 aliphatic rings. The lowest BCUT2D eigenvalue weighted by Gasteiger charge is -2.22. The van der Waals surface area contributed by atoms with E-state index in [0.717, 1.165) is 16.8 Å². The van der Waals surface area contributed by atoms with Crippen molar-refractivity contribution in [3.8, 4) is 11.3 Å². The van der Waals surface area contributed by atoms with Crippen LogP contribution in [0.25, 0.3) is 11.3 Å². The number of hydrogen-bond donors (Lipinski definition) is 2. The number of nitrogen functional groups attached to an aromatic ring is 1. The van der Waals surface area contributed by atoms with Crippen LogP contribution in [0.15, 0.2) is 54.7 Å². The van der Waals surface area contributed by atoms with Gasteiger partial charge in [-0.2, -0.15) is 0 Å². The highest BCUT2D eigenvalue weighted by Gasteiger charge is 2.18. The molecule has 1 aromatic heterocycles. The summed E-state index contributed by atoms with van der Waals surface area (Å²) in [6, 6.07) is 15.4. The van der Waals surface area contributed by atoms with Gasteiger partial charge in [-0.3, -0.25) is 4.79 Å². The second kappa shape index (κ2) is 7.66. The van der Waals surface area contributed by atoms with Crippen molar-refractivity contribution in [1.29, 1.82) is 0 Å². The number of carbonyl (C=O) groups excluding carboxylic acids is 1. The van der Waals surface area contributed by atoms with E-state index >= 15 is 0 Å². The van der Waals surface area contributed by atoms with Crippen LogP contribution in [0, 0.1) is 0 Å². The normalized spacial score (nSPS) is 14.5. The number of anilines is 3. The monoisotopic (exact) mass is 375 g/mol. The van der Waals surface area contributed by atoms with Gasteiger partial charge in [-0.1, -0.05) is 30.3 Å². The summed E-state index contributed by atoms with van der Waals surface area (Å²) < 4.78 is 5.84. The molecule has 3 aromatic rings. The third kappa shape index (κ3) is 3.65. The van der Waals surface area contributed by atoms with Gasteiger partial charge in [-0.25, -0.2) is 9.97 Å². The molecule has 0 radical (unpaired) electrons. The first-order valence-electron chi connectivity index (χ1n) is 9.03. The first-order chi connectivity index (χ1) is 13.6. The Hall–Kier alpha value is -3.45. The first kappa shape index (κ1) is 17.9. The number of fused-ring (bicyclic) bond motifs is 6. The van der Waals surface area contributed by atoms with Gasteiger partial charge in [0.1, 0.15) is 0 Å². The zero-order chi connectivity index (χ0) is 19.5. The van der Waals surface area contributed by atoms with Crippen LogP contribution in [-0.2, 0) is 11.3 Å². The predicted octanol–water partition coefficient (Wildman–Crippen LogP) is 2.94. The molecule has 0 spiro atoms. The molecule has 0 unspecified atom stereocenters. The Kier molecular flexibility index (Phi) is 4.90. The molecule has 7 nitrogen and oxygen atoms in total. The molecular formula is C21H21N5O2. The summed E-state index contributed by atoms with van der Waals surface area (Å²) in [7, 11) is 1.96. The summed E-state index contributed by atoms with van der Waals surface area (Å²) in [5.74, 6) is -0.300. The molecule has 0 atom stereocenters. The molecule has 3 N–H and O–H groups in total. The van der Waals surface area contributed by atoms with Crippen molar-refractivity contribution >= 4 is 23.1 Å². The van der Waals surface area contributed by atoms with Crippen molar-refractivity contribution in [2.24, 2.45) is 0 Å². The summed E-state index contributed by atoms with van der Waals surface area (Å²) in [4.78, 5) is 23.6. The summed E-state index contributed by atoms with van der Waals surface area (Å²) in [6.45, 7) is 1.74. The lowest BCUT2D eigenvalue weighted by molar-refractivity contribution is 0.102. The van der Waals surface area contributed by atoms with Gasteiger partial charge in [-0.15, -0.1) is 0 Å². The van der Waals surface area contributed by atoms with Gasteiger partial charge >= 0.3 is 0 Å². The Morgan fingerprint density at radius 1 is 1.18 bits per heavy atom. The molecule has 0 fully saturated rings. The number of para-hydroxylation sites is 2. The van der Waals surface area contributed by atoms with E-state index in [0.29, 0.717) is 31.1 Å². The number of nitrogens with one attached hydrogen (secondary N) is 1. The summed E-state index contributed by atoms with van der Waals surface area (Å²) in [5, 5.41) is 2.91. The van der Waals surface area contributed by atoms with Crippen LogP contribution < -0.4 is 16.0 Å². The minimum absolute atomic E-state index is 0.0934. The molecule has 2 heterocycles. The van der Waals surface area contributed by atoms with E-state index in [4.69, 9.17) is 10.5 Å². The molecule has 4 rings (SSSR count). The average molecular weight is 375 g/mol. The number of carbonyl (C=O) groups is 1. The second-order valence-electron chi connectivity index (χ2n) is 6.63. The van der Waals surface area contributed by atoms with Crippen molar-refractivity contribution in [2.75, 3.05) is 36.1 Å². The summed E-state index contributed by atoms with van der Waals surface area (Å²) in [6.07, 6.45) is 1.58. The van der Waals surface area contributed by atoms with E-state index in [1.165, 1.54) is 0 Å². The molecule has 1 amide bonds. The van der Waals surface area contributed by atoms with Crippen molar-refractivity contribution in [3.63, 3.8) is 0 Å². The predicted molar refractivity (Wildman–Crippen MR) is 109 cm³/mol. The second-order valence-corrected chi connectivity index (χ2v) is 6.63. The fraction of sp³-hybridized carbons (Fsp3) is 0.190. The molecule has 1 aliphatic heterocycles. The topological polar surface area (TPSA) is 93.4 Å². The zero-order valence-electron chi connectivity index (χ0n) is 15.6. The van der Waals surface area contributed by atoms with E-state index < -0.39 is 5.91 Å². The lowest BCUT2D eigenvalue weighted by Crippen LogP contribution is -2.25. The number of amides is 1. The highest BCUT2D eigenvalue weighted by atomic mass is 16.5. The Balaban J connectivity index is 1.79. The Bertz CT molecular complexity index is 1020. The first-order valence-corrected chi connectivity index (χ1v) is 9.03. The molecule has 4 bridgehead atoms. The zero-order valence-corrected chi connectivity index (χ0v) is 15.6. The van der Waals surface area contributed by atoms with Crippen molar-refractivity contribution < 1.29 is 9.53 Å². The maximum atomic E-state index is 12.9. The van der Waals surface area contributed by atoms with Crippen LogP contribution in [0.4, 0.5) is 17.2 Å². The largest absolute Gasteiger partial charge is 0.382 e. The highest BCUT2D eigenvalue weighted by Crippen LogP contribution is 2.26. The van der Waals surface area contributed by atoms with Gasteiger partial charge < -0.3 is 20.7 Å². The van der Waals surface area contributed by atoms with Gasteiger partial charge in [0.25, 0.3) is 5.91 Å². The van der Waals surface area contributed by atoms with Crippen molar-refractivity contribution in [2.45, 2.75) is 6.61 Å². The molecule has 0 aliphatic carbocycles. The number of benzene rings is 2. The van der Waals surface area contributed by atoms with Gasteiger partial charge in [0.05, 0.1) is 36.5 Å². The number of ether oxygens (including phenoxy) is 1. The minimum atomic E-state index is -0.394. The third-order valence-electron chi connectivity index (χ3n) is 4.64. The van der Waals surface area contributed by atoms with Crippen LogP contribution in [0.5, 0.6) is 0 Å². The third-order valence-corrected chi connectivity index (χ3v) is 4.64. The molecule has 28 heavy (non-hydrogen) atoms. The van der Waals surface area contributed by atoms with E-state index in [-0.39, 0.29) is 11.5 Å². The number of likely N-dealkylation sites (N-methyl/N-ethyl adjacent to an activating group) is 1. The molecule has 7 heteroatoms. The number of aromatic nitrogens is 2. The number of hydrogen-bond acceptors (Lipinski definition) is 6. The minimum Gasteiger partial charge on any atom is -0.382 e. The standard InChI is InChI=1S/C21H21N5O2/c1-26-9-10-28-13-14-5-4-6-15(11-14)17-12-23-20(22)19(24-17)21(27)25-16-7-2-3-8-18(16)26/h2-8,11-12H,9-10,13H2,1H3,(H2,22,23)(H,25,27). The molecular weight excluding hydrogens is 354 g/mol. The molecule has 0 saturated heterocycles. The van der Waals surface area contributed by atoms with Crippen LogP contribution >= 0.6 is 0 Å². The Labute approximate surface area is 163 Å². The molecule has 0 saturated carbocycles. The van der Waals surface area contributed by atoms with Gasteiger partial charge in [0.2, 0.25) is 0 Å². The van der Waals surface area contributed by atoms with Crippen LogP contribution in [0.2, 0.25) is 0 Å². The van der Waals surface area contributed by atoms with Crippen molar-refractivity contribution in [1.82, 2.24) is 9.97 Å². The Morgan fingerprint density at radius 3 is 2.93 bits per heavy atom. The molecule has 142 valence electrons. The van der Waals surface area contributed by atoms with Crippen molar-refractivity contribution in [3.05, 3.63) is 66.0 Å². The van der Waals surface area contributed by atoms with E-state index in [1.54, 1.807) is 6.20 Å². The summed E-state index contributed by atoms with van der Waals surface area (Å²) >= 11 is 0. The van der Waals surface area contributed by atoms with Crippen LogP contribution in [0.1, 0.15) is 16.1 Å². The number of nitrogens with two attached hydrogens (primary N) is 1.